The molecule has 3 saturated heterocycles. The lowest BCUT2D eigenvalue weighted by Gasteiger charge is -2.50. The number of fused-ring (bicyclic) bond motifs is 5. The Bertz CT molecular complexity index is 1710. The number of alkyl halides is 3. The van der Waals surface area contributed by atoms with Gasteiger partial charge in [0, 0.05) is 27.7 Å². The van der Waals surface area contributed by atoms with Gasteiger partial charge in [-0.05, 0) is 40.6 Å². The van der Waals surface area contributed by atoms with Crippen molar-refractivity contribution in [2.75, 3.05) is 19.8 Å². The second-order valence-corrected chi connectivity index (χ2v) is 9.95. The van der Waals surface area contributed by atoms with Crippen LogP contribution >= 0.6 is 0 Å². The number of rotatable bonds is 2. The van der Waals surface area contributed by atoms with Gasteiger partial charge in [0.1, 0.15) is 23.3 Å². The molecule has 0 atom stereocenters. The highest BCUT2D eigenvalue weighted by molar-refractivity contribution is 5.93. The van der Waals surface area contributed by atoms with Crippen molar-refractivity contribution in [1.29, 1.82) is 0 Å². The van der Waals surface area contributed by atoms with E-state index in [1.54, 1.807) is 6.07 Å². The molecule has 0 unspecified atom stereocenters. The minimum Gasteiger partial charge on any atom is -0.323 e. The van der Waals surface area contributed by atoms with Crippen LogP contribution in [0.5, 0.6) is 0 Å². The van der Waals surface area contributed by atoms with Gasteiger partial charge in [-0.3, -0.25) is 0 Å². The van der Waals surface area contributed by atoms with Gasteiger partial charge in [0.05, 0.1) is 30.9 Å². The van der Waals surface area contributed by atoms with Gasteiger partial charge in [0.25, 0.3) is 0 Å². The largest absolute Gasteiger partial charge is 0.458 e. The molecule has 0 aromatic heterocycles. The van der Waals surface area contributed by atoms with Crippen molar-refractivity contribution < 1.29 is 44.9 Å². The third kappa shape index (κ3) is 4.31. The zero-order valence-electron chi connectivity index (χ0n) is 20.1. The lowest BCUT2D eigenvalue weighted by Crippen LogP contribution is -2.57. The van der Waals surface area contributed by atoms with Gasteiger partial charge in [0.15, 0.2) is 0 Å². The van der Waals surface area contributed by atoms with Crippen LogP contribution in [0.4, 0.5) is 30.7 Å². The number of hydrogen-bond acceptors (Lipinski definition) is 3. The Kier molecular flexibility index (Phi) is 5.70. The van der Waals surface area contributed by atoms with Crippen molar-refractivity contribution in [1.82, 2.24) is 0 Å². The van der Waals surface area contributed by atoms with Crippen molar-refractivity contribution in [3.05, 3.63) is 82.9 Å². The van der Waals surface area contributed by atoms with Crippen molar-refractivity contribution in [3.8, 4) is 23.0 Å². The minimum atomic E-state index is -4.94. The van der Waals surface area contributed by atoms with Crippen LogP contribution in [0, 0.1) is 40.5 Å². The maximum absolute atomic E-state index is 15.7. The van der Waals surface area contributed by atoms with E-state index in [-0.39, 0.29) is 32.5 Å². The molecular weight excluding hydrogens is 529 g/mol. The molecule has 0 spiro atoms. The Hall–Kier alpha value is -3.65. The molecular formula is C29H17F7O3. The molecule has 200 valence electrons. The molecule has 10 heteroatoms. The number of halogens is 7. The minimum absolute atomic E-state index is 0.0242. The maximum atomic E-state index is 15.7. The average molecular weight is 546 g/mol. The molecule has 4 aromatic rings. The van der Waals surface area contributed by atoms with Crippen molar-refractivity contribution >= 4 is 21.5 Å². The first kappa shape index (κ1) is 25.6. The summed E-state index contributed by atoms with van der Waals surface area (Å²) in [4.78, 5) is 0. The quantitative estimate of drug-likeness (QED) is 0.195. The SMILES string of the molecule is CC12COC(c3ccc4c(F)c(-c5ccc6c(F)c(C#CC(F)(F)F)c(F)cc6c5)c(F)cc4c3)(OC1)OC2. The molecule has 0 amide bonds. The maximum Gasteiger partial charge on any atom is 0.458 e. The average Bonchev–Trinajstić information content (AvgIpc) is 2.88. The summed E-state index contributed by atoms with van der Waals surface area (Å²) in [6.45, 7) is 3.14. The van der Waals surface area contributed by atoms with E-state index in [0.717, 1.165) is 30.2 Å². The second-order valence-electron chi connectivity index (χ2n) is 9.95. The summed E-state index contributed by atoms with van der Waals surface area (Å²) < 4.78 is 115. The van der Waals surface area contributed by atoms with Crippen LogP contribution in [-0.2, 0) is 20.2 Å². The number of benzene rings is 4. The van der Waals surface area contributed by atoms with E-state index < -0.39 is 46.5 Å². The van der Waals surface area contributed by atoms with Crippen LogP contribution in [0.1, 0.15) is 18.1 Å². The number of ether oxygens (including phenoxy) is 3. The van der Waals surface area contributed by atoms with E-state index >= 15 is 8.78 Å². The van der Waals surface area contributed by atoms with E-state index in [2.05, 4.69) is 0 Å². The first-order chi connectivity index (χ1) is 18.4. The third-order valence-electron chi connectivity index (χ3n) is 6.86. The predicted molar refractivity (Wildman–Crippen MR) is 127 cm³/mol. The Morgan fingerprint density at radius 2 is 1.33 bits per heavy atom. The smallest absolute Gasteiger partial charge is 0.323 e. The van der Waals surface area contributed by atoms with Crippen LogP contribution in [0.25, 0.3) is 32.7 Å². The fourth-order valence-electron chi connectivity index (χ4n) is 4.83. The number of hydrogen-bond donors (Lipinski definition) is 0. The zero-order chi connectivity index (χ0) is 27.7. The molecule has 3 aliphatic heterocycles. The summed E-state index contributed by atoms with van der Waals surface area (Å²) >= 11 is 0. The Balaban J connectivity index is 1.42. The molecule has 0 aliphatic carbocycles. The van der Waals surface area contributed by atoms with Crippen LogP contribution in [0.3, 0.4) is 0 Å². The first-order valence-electron chi connectivity index (χ1n) is 11.7. The molecule has 2 bridgehead atoms. The van der Waals surface area contributed by atoms with Gasteiger partial charge in [-0.1, -0.05) is 37.1 Å². The zero-order valence-corrected chi connectivity index (χ0v) is 20.1. The van der Waals surface area contributed by atoms with Crippen molar-refractivity contribution in [2.24, 2.45) is 5.41 Å². The van der Waals surface area contributed by atoms with Gasteiger partial charge in [-0.25, -0.2) is 17.6 Å². The normalized spacial score (nSPS) is 22.8. The van der Waals surface area contributed by atoms with Gasteiger partial charge in [-0.2, -0.15) is 13.2 Å². The molecule has 0 radical (unpaired) electrons. The van der Waals surface area contributed by atoms with Gasteiger partial charge >= 0.3 is 12.1 Å². The topological polar surface area (TPSA) is 27.7 Å². The lowest BCUT2D eigenvalue weighted by atomic mass is 9.90. The molecule has 4 aromatic carbocycles. The monoisotopic (exact) mass is 546 g/mol. The molecule has 0 saturated carbocycles. The van der Waals surface area contributed by atoms with Gasteiger partial charge in [-0.15, -0.1) is 0 Å². The van der Waals surface area contributed by atoms with Crippen LogP contribution in [-0.4, -0.2) is 26.0 Å². The Morgan fingerprint density at radius 1 is 0.744 bits per heavy atom. The highest BCUT2D eigenvalue weighted by Crippen LogP contribution is 2.45. The fourth-order valence-corrected chi connectivity index (χ4v) is 4.83. The predicted octanol–water partition coefficient (Wildman–Crippen LogP) is 7.32. The van der Waals surface area contributed by atoms with Crippen molar-refractivity contribution in [3.63, 3.8) is 0 Å². The summed E-state index contributed by atoms with van der Waals surface area (Å²) in [7, 11) is 0. The molecule has 3 heterocycles. The molecule has 3 fully saturated rings. The summed E-state index contributed by atoms with van der Waals surface area (Å²) in [5.41, 5.74) is -1.35. The van der Waals surface area contributed by atoms with Gasteiger partial charge in [0.2, 0.25) is 0 Å². The summed E-state index contributed by atoms with van der Waals surface area (Å²) in [5, 5.41) is -0.0889. The highest BCUT2D eigenvalue weighted by Gasteiger charge is 2.51. The van der Waals surface area contributed by atoms with Crippen LogP contribution in [0.2, 0.25) is 0 Å². The molecule has 0 N–H and O–H groups in total. The van der Waals surface area contributed by atoms with E-state index in [1.807, 2.05) is 6.92 Å². The Morgan fingerprint density at radius 3 is 2.00 bits per heavy atom. The lowest BCUT2D eigenvalue weighted by molar-refractivity contribution is -0.477. The van der Waals surface area contributed by atoms with E-state index in [9.17, 15) is 22.0 Å². The molecule has 3 aliphatic rings. The van der Waals surface area contributed by atoms with E-state index in [4.69, 9.17) is 14.2 Å². The van der Waals surface area contributed by atoms with Crippen LogP contribution in [0.15, 0.2) is 48.5 Å². The highest BCUT2D eigenvalue weighted by atomic mass is 19.4. The summed E-state index contributed by atoms with van der Waals surface area (Å²) in [5.74, 6) is -3.66. The summed E-state index contributed by atoms with van der Waals surface area (Å²) in [6, 6.07) is 9.83. The van der Waals surface area contributed by atoms with Crippen molar-refractivity contribution in [2.45, 2.75) is 19.1 Å². The van der Waals surface area contributed by atoms with Crippen LogP contribution < -0.4 is 0 Å². The fraction of sp³-hybridized carbons (Fsp3) is 0.241. The first-order valence-corrected chi connectivity index (χ1v) is 11.7. The van der Waals surface area contributed by atoms with E-state index in [1.165, 1.54) is 24.1 Å². The standard InChI is InChI=1S/C29H17F7O3/c1-27-12-37-29(38-13-27,39-14-27)18-3-5-20-17(9-18)11-23(31)24(26(20)33)15-2-4-19-16(8-15)10-22(30)21(25(19)32)6-7-28(34,35)36/h2-5,8-11H,12-14H2,1H3. The third-order valence-corrected chi connectivity index (χ3v) is 6.86. The molecule has 3 nitrogen and oxygen atoms in total. The molecule has 7 rings (SSSR count). The summed E-state index contributed by atoms with van der Waals surface area (Å²) in [6.07, 6.45) is -4.94. The second kappa shape index (κ2) is 8.68. The molecule has 39 heavy (non-hydrogen) atoms. The van der Waals surface area contributed by atoms with E-state index in [0.29, 0.717) is 25.4 Å². The Labute approximate surface area is 217 Å². The van der Waals surface area contributed by atoms with Gasteiger partial charge < -0.3 is 14.2 Å².